The Kier molecular flexibility index (Phi) is 6.44. The zero-order valence-corrected chi connectivity index (χ0v) is 11.8. The molecule has 0 amide bonds. The van der Waals surface area contributed by atoms with Gasteiger partial charge in [-0.2, -0.15) is 0 Å². The van der Waals surface area contributed by atoms with Crippen LogP contribution >= 0.6 is 34.9 Å². The molecule has 1 heterocycles. The van der Waals surface area contributed by atoms with E-state index in [1.54, 1.807) is 35.9 Å². The third-order valence-electron chi connectivity index (χ3n) is 1.50. The van der Waals surface area contributed by atoms with Crippen molar-refractivity contribution in [2.75, 3.05) is 12.5 Å². The average molecular weight is 271 g/mol. The van der Waals surface area contributed by atoms with E-state index in [9.17, 15) is 0 Å². The SMILES string of the molecule is CSC(=Nc1nccccnc(C)s1)SC. The molecule has 0 spiro atoms. The lowest BCUT2D eigenvalue weighted by atomic mass is 10.6. The third-order valence-corrected chi connectivity index (χ3v) is 4.16. The van der Waals surface area contributed by atoms with E-state index in [1.165, 1.54) is 11.3 Å². The van der Waals surface area contributed by atoms with Crippen molar-refractivity contribution in [3.05, 3.63) is 29.5 Å². The van der Waals surface area contributed by atoms with Gasteiger partial charge < -0.3 is 0 Å². The molecule has 0 aromatic carbocycles. The summed E-state index contributed by atoms with van der Waals surface area (Å²) >= 11 is 4.72. The minimum absolute atomic E-state index is 0.722. The number of aromatic nitrogens is 2. The molecule has 86 valence electrons. The van der Waals surface area contributed by atoms with Crippen LogP contribution in [-0.4, -0.2) is 26.9 Å². The summed E-state index contributed by atoms with van der Waals surface area (Å²) in [6, 6.07) is 3.69. The average Bonchev–Trinajstić information content (AvgIpc) is 2.38. The molecule has 1 aromatic rings. The molecular formula is C10H13N3S3. The molecule has 0 N–H and O–H groups in total. The van der Waals surface area contributed by atoms with E-state index < -0.39 is 0 Å². The molecule has 1 aromatic heterocycles. The number of rotatable bonds is 1. The van der Waals surface area contributed by atoms with Crippen LogP contribution < -0.4 is 0 Å². The van der Waals surface area contributed by atoms with Gasteiger partial charge in [0, 0.05) is 12.4 Å². The minimum atomic E-state index is 0.722. The highest BCUT2D eigenvalue weighted by molar-refractivity contribution is 8.38. The summed E-state index contributed by atoms with van der Waals surface area (Å²) in [6.45, 7) is 1.95. The van der Waals surface area contributed by atoms with Gasteiger partial charge in [0.05, 0.1) is 5.01 Å². The second-order valence-electron chi connectivity index (χ2n) is 2.63. The Balaban J connectivity index is 3.19. The van der Waals surface area contributed by atoms with Gasteiger partial charge in [0.2, 0.25) is 5.13 Å². The first-order valence-electron chi connectivity index (χ1n) is 4.54. The smallest absolute Gasteiger partial charge is 0.212 e. The predicted octanol–water partition coefficient (Wildman–Crippen LogP) is 3.68. The molecule has 6 heteroatoms. The Labute approximate surface area is 108 Å². The molecule has 0 atom stereocenters. The van der Waals surface area contributed by atoms with Crippen molar-refractivity contribution in [3.8, 4) is 0 Å². The fraction of sp³-hybridized carbons (Fsp3) is 0.300. The van der Waals surface area contributed by atoms with Crippen molar-refractivity contribution >= 4 is 44.4 Å². The van der Waals surface area contributed by atoms with E-state index in [1.807, 2.05) is 31.6 Å². The first-order valence-corrected chi connectivity index (χ1v) is 7.81. The van der Waals surface area contributed by atoms with E-state index in [-0.39, 0.29) is 0 Å². The van der Waals surface area contributed by atoms with Gasteiger partial charge in [-0.15, -0.1) is 23.5 Å². The topological polar surface area (TPSA) is 38.1 Å². The van der Waals surface area contributed by atoms with Crippen molar-refractivity contribution in [1.29, 1.82) is 0 Å². The maximum absolute atomic E-state index is 4.46. The van der Waals surface area contributed by atoms with Crippen LogP contribution in [0, 0.1) is 6.92 Å². The van der Waals surface area contributed by atoms with Gasteiger partial charge in [0.15, 0.2) is 0 Å². The molecule has 0 aliphatic rings. The fourth-order valence-electron chi connectivity index (χ4n) is 0.843. The monoisotopic (exact) mass is 271 g/mol. The highest BCUT2D eigenvalue weighted by Gasteiger charge is 1.96. The summed E-state index contributed by atoms with van der Waals surface area (Å²) in [5, 5.41) is 1.66. The maximum Gasteiger partial charge on any atom is 0.212 e. The highest BCUT2D eigenvalue weighted by Crippen LogP contribution is 2.20. The summed E-state index contributed by atoms with van der Waals surface area (Å²) in [5.41, 5.74) is 0. The van der Waals surface area contributed by atoms with Gasteiger partial charge in [-0.25, -0.2) is 9.98 Å². The van der Waals surface area contributed by atoms with E-state index in [4.69, 9.17) is 0 Å². The van der Waals surface area contributed by atoms with Crippen LogP contribution in [0.1, 0.15) is 5.01 Å². The van der Waals surface area contributed by atoms with Gasteiger partial charge in [0.1, 0.15) is 4.38 Å². The van der Waals surface area contributed by atoms with Crippen LogP contribution in [0.4, 0.5) is 5.13 Å². The van der Waals surface area contributed by atoms with Crippen LogP contribution in [-0.2, 0) is 0 Å². The molecule has 0 bridgehead atoms. The Morgan fingerprint density at radius 1 is 1.19 bits per heavy atom. The molecule has 0 aliphatic carbocycles. The number of aryl methyl sites for hydroxylation is 1. The minimum Gasteiger partial charge on any atom is -0.251 e. The summed E-state index contributed by atoms with van der Waals surface area (Å²) in [4.78, 5) is 13.0. The van der Waals surface area contributed by atoms with Crippen molar-refractivity contribution < 1.29 is 0 Å². The highest BCUT2D eigenvalue weighted by atomic mass is 32.2. The lowest BCUT2D eigenvalue weighted by Crippen LogP contribution is -1.80. The molecule has 0 fully saturated rings. The molecule has 0 saturated carbocycles. The van der Waals surface area contributed by atoms with E-state index in [0.717, 1.165) is 14.5 Å². The molecule has 1 rings (SSSR count). The second kappa shape index (κ2) is 7.65. The largest absolute Gasteiger partial charge is 0.251 e. The van der Waals surface area contributed by atoms with Gasteiger partial charge >= 0.3 is 0 Å². The summed E-state index contributed by atoms with van der Waals surface area (Å²) in [5.74, 6) is 0. The molecule has 3 nitrogen and oxygen atoms in total. The van der Waals surface area contributed by atoms with Crippen LogP contribution in [0.15, 0.2) is 29.5 Å². The predicted molar refractivity (Wildman–Crippen MR) is 76.4 cm³/mol. The normalized spacial score (nSPS) is 9.44. The zero-order valence-electron chi connectivity index (χ0n) is 9.38. The number of nitrogens with zero attached hydrogens (tertiary/aromatic N) is 3. The molecular weight excluding hydrogens is 258 g/mol. The zero-order chi connectivity index (χ0) is 11.8. The summed E-state index contributed by atoms with van der Waals surface area (Å²) < 4.78 is 1.000. The Morgan fingerprint density at radius 3 is 2.44 bits per heavy atom. The molecule has 0 radical (unpaired) electrons. The van der Waals surface area contributed by atoms with Crippen molar-refractivity contribution in [2.24, 2.45) is 4.99 Å². The van der Waals surface area contributed by atoms with Crippen molar-refractivity contribution in [3.63, 3.8) is 0 Å². The van der Waals surface area contributed by atoms with Gasteiger partial charge in [-0.3, -0.25) is 4.98 Å². The van der Waals surface area contributed by atoms with Crippen LogP contribution in [0.25, 0.3) is 0 Å². The van der Waals surface area contributed by atoms with E-state index in [2.05, 4.69) is 15.0 Å². The number of hydrogen-bond acceptors (Lipinski definition) is 6. The summed E-state index contributed by atoms with van der Waals surface area (Å²) in [7, 11) is 0. The van der Waals surface area contributed by atoms with E-state index in [0.29, 0.717) is 0 Å². The Bertz CT molecular complexity index is 408. The Hall–Kier alpha value is -0.590. The summed E-state index contributed by atoms with van der Waals surface area (Å²) in [6.07, 6.45) is 7.50. The molecule has 0 unspecified atom stereocenters. The number of aliphatic imine (C=N–C) groups is 1. The first-order chi connectivity index (χ1) is 7.76. The fourth-order valence-corrected chi connectivity index (χ4v) is 2.61. The lowest BCUT2D eigenvalue weighted by Gasteiger charge is -1.95. The third kappa shape index (κ3) is 4.96. The maximum atomic E-state index is 4.46. The van der Waals surface area contributed by atoms with E-state index >= 15 is 0 Å². The molecule has 0 saturated heterocycles. The first kappa shape index (κ1) is 13.5. The second-order valence-corrected chi connectivity index (χ2v) is 5.64. The van der Waals surface area contributed by atoms with Crippen molar-refractivity contribution in [2.45, 2.75) is 6.92 Å². The van der Waals surface area contributed by atoms with Crippen LogP contribution in [0.2, 0.25) is 0 Å². The van der Waals surface area contributed by atoms with Gasteiger partial charge in [0.25, 0.3) is 0 Å². The van der Waals surface area contributed by atoms with Gasteiger partial charge in [-0.05, 0) is 31.6 Å². The quantitative estimate of drug-likeness (QED) is 0.577. The number of hydrogen-bond donors (Lipinski definition) is 0. The van der Waals surface area contributed by atoms with Crippen molar-refractivity contribution in [1.82, 2.24) is 9.97 Å². The van der Waals surface area contributed by atoms with Crippen LogP contribution in [0.3, 0.4) is 0 Å². The standard InChI is InChI=1S/C10H13N3S3/c1-8-11-6-4-5-7-12-9(16-8)13-10(14-2)15-3/h4-7H,1-3H3. The molecule has 0 aliphatic heterocycles. The molecule has 16 heavy (non-hydrogen) atoms. The van der Waals surface area contributed by atoms with Crippen LogP contribution in [0.5, 0.6) is 0 Å². The van der Waals surface area contributed by atoms with Gasteiger partial charge in [-0.1, -0.05) is 11.3 Å². The Morgan fingerprint density at radius 2 is 1.81 bits per heavy atom. The number of thioether (sulfide) groups is 2. The lowest BCUT2D eigenvalue weighted by molar-refractivity contribution is 1.28.